The summed E-state index contributed by atoms with van der Waals surface area (Å²) in [5.74, 6) is -0.186. The molecule has 2 aromatic rings. The number of pyridine rings is 1. The number of hydrogen-bond acceptors (Lipinski definition) is 5. The van der Waals surface area contributed by atoms with Crippen molar-refractivity contribution in [3.05, 3.63) is 33.0 Å². The molecule has 5 nitrogen and oxygen atoms in total. The predicted octanol–water partition coefficient (Wildman–Crippen LogP) is 2.82. The van der Waals surface area contributed by atoms with Crippen LogP contribution in [0.2, 0.25) is 0 Å². The lowest BCUT2D eigenvalue weighted by Gasteiger charge is -2.07. The topological polar surface area (TPSA) is 67.8 Å². The molecule has 0 radical (unpaired) electrons. The molecule has 2 heterocycles. The maximum Gasteiger partial charge on any atom is 0.269 e. The molecule has 2 aromatic heterocycles. The second kappa shape index (κ2) is 5.53. The molecule has 0 fully saturated rings. The zero-order valence-electron chi connectivity index (χ0n) is 9.90. The molecule has 0 atom stereocenters. The number of carbonyl (C=O) groups is 1. The first kappa shape index (κ1) is 13.1. The molecule has 94 valence electrons. The number of hydrogen-bond donors (Lipinski definition) is 1. The maximum atomic E-state index is 12.1. The molecule has 0 aliphatic heterocycles. The highest BCUT2D eigenvalue weighted by atomic mass is 79.9. The van der Waals surface area contributed by atoms with E-state index in [0.29, 0.717) is 17.0 Å². The number of amides is 1. The Morgan fingerprint density at radius 2 is 2.28 bits per heavy atom. The van der Waals surface area contributed by atoms with Gasteiger partial charge in [-0.05, 0) is 52.9 Å². The van der Waals surface area contributed by atoms with E-state index < -0.39 is 0 Å². The van der Waals surface area contributed by atoms with Crippen LogP contribution in [-0.4, -0.2) is 20.5 Å². The summed E-state index contributed by atoms with van der Waals surface area (Å²) in [6.07, 6.45) is 0.691. The minimum absolute atomic E-state index is 0.186. The van der Waals surface area contributed by atoms with Crippen LogP contribution in [-0.2, 0) is 6.42 Å². The molecule has 0 saturated carbocycles. The van der Waals surface area contributed by atoms with Crippen molar-refractivity contribution in [2.75, 3.05) is 5.32 Å². The molecule has 0 aliphatic rings. The van der Waals surface area contributed by atoms with Crippen LogP contribution in [0.15, 0.2) is 16.7 Å². The number of nitrogens with zero attached hydrogens (tertiary/aromatic N) is 3. The van der Waals surface area contributed by atoms with E-state index in [-0.39, 0.29) is 5.91 Å². The molecular formula is C11H11BrN4OS. The number of aromatic nitrogens is 3. The van der Waals surface area contributed by atoms with E-state index in [4.69, 9.17) is 0 Å². The molecule has 1 amide bonds. The average molecular weight is 327 g/mol. The van der Waals surface area contributed by atoms with Crippen molar-refractivity contribution in [2.45, 2.75) is 20.3 Å². The Morgan fingerprint density at radius 1 is 1.50 bits per heavy atom. The molecule has 0 spiro atoms. The third-order valence-corrected chi connectivity index (χ3v) is 3.61. The Labute approximate surface area is 117 Å². The van der Waals surface area contributed by atoms with Gasteiger partial charge in [-0.1, -0.05) is 11.4 Å². The van der Waals surface area contributed by atoms with Crippen LogP contribution in [0.1, 0.15) is 28.0 Å². The highest BCUT2D eigenvalue weighted by Crippen LogP contribution is 2.19. The van der Waals surface area contributed by atoms with E-state index in [1.807, 2.05) is 19.9 Å². The maximum absolute atomic E-state index is 12.1. The van der Waals surface area contributed by atoms with Gasteiger partial charge in [-0.3, -0.25) is 4.79 Å². The Kier molecular flexibility index (Phi) is 4.03. The minimum Gasteiger partial charge on any atom is -0.320 e. The lowest BCUT2D eigenvalue weighted by Crippen LogP contribution is -2.13. The molecular weight excluding hydrogens is 316 g/mol. The molecule has 0 aliphatic carbocycles. The number of anilines is 1. The number of nitrogens with one attached hydrogen (secondary N) is 1. The number of aryl methyl sites for hydroxylation is 2. The third kappa shape index (κ3) is 2.73. The summed E-state index contributed by atoms with van der Waals surface area (Å²) >= 11 is 4.39. The van der Waals surface area contributed by atoms with E-state index >= 15 is 0 Å². The predicted molar refractivity (Wildman–Crippen MR) is 73.9 cm³/mol. The fourth-order valence-electron chi connectivity index (χ4n) is 1.45. The first-order valence-corrected chi connectivity index (χ1v) is 6.94. The monoisotopic (exact) mass is 326 g/mol. The summed E-state index contributed by atoms with van der Waals surface area (Å²) in [6.45, 7) is 3.78. The van der Waals surface area contributed by atoms with Crippen molar-refractivity contribution >= 4 is 39.1 Å². The van der Waals surface area contributed by atoms with Crippen LogP contribution in [0.3, 0.4) is 0 Å². The zero-order chi connectivity index (χ0) is 13.1. The molecule has 0 unspecified atom stereocenters. The fraction of sp³-hybridized carbons (Fsp3) is 0.273. The van der Waals surface area contributed by atoms with Gasteiger partial charge in [0, 0.05) is 0 Å². The molecule has 7 heteroatoms. The lowest BCUT2D eigenvalue weighted by molar-refractivity contribution is 0.102. The van der Waals surface area contributed by atoms with Crippen LogP contribution >= 0.6 is 27.5 Å². The normalized spacial score (nSPS) is 10.4. The van der Waals surface area contributed by atoms with Crippen molar-refractivity contribution in [2.24, 2.45) is 0 Å². The fourth-order valence-corrected chi connectivity index (χ4v) is 2.50. The second-order valence-electron chi connectivity index (χ2n) is 3.62. The van der Waals surface area contributed by atoms with Crippen molar-refractivity contribution in [1.82, 2.24) is 14.6 Å². The molecule has 0 aromatic carbocycles. The highest BCUT2D eigenvalue weighted by Gasteiger charge is 2.16. The Balaban J connectivity index is 2.21. The molecule has 1 N–H and O–H groups in total. The van der Waals surface area contributed by atoms with E-state index in [1.165, 1.54) is 0 Å². The summed E-state index contributed by atoms with van der Waals surface area (Å²) in [4.78, 5) is 16.9. The number of rotatable bonds is 3. The van der Waals surface area contributed by atoms with Gasteiger partial charge in [0.2, 0.25) is 0 Å². The van der Waals surface area contributed by atoms with Crippen LogP contribution in [0.5, 0.6) is 0 Å². The van der Waals surface area contributed by atoms with Crippen LogP contribution in [0.4, 0.5) is 5.69 Å². The van der Waals surface area contributed by atoms with Crippen LogP contribution in [0, 0.1) is 6.92 Å². The van der Waals surface area contributed by atoms with Gasteiger partial charge in [-0.2, -0.15) is 0 Å². The van der Waals surface area contributed by atoms with Gasteiger partial charge in [0.1, 0.15) is 9.48 Å². The van der Waals surface area contributed by atoms with Gasteiger partial charge in [0.05, 0.1) is 17.1 Å². The van der Waals surface area contributed by atoms with Crippen molar-refractivity contribution in [1.29, 1.82) is 0 Å². The first-order chi connectivity index (χ1) is 8.61. The Morgan fingerprint density at radius 3 is 2.94 bits per heavy atom. The van der Waals surface area contributed by atoms with Crippen molar-refractivity contribution < 1.29 is 4.79 Å². The van der Waals surface area contributed by atoms with Gasteiger partial charge in [-0.25, -0.2) is 4.98 Å². The number of carbonyl (C=O) groups excluding carboxylic acids is 1. The summed E-state index contributed by atoms with van der Waals surface area (Å²) in [5.41, 5.74) is 2.17. The van der Waals surface area contributed by atoms with Crippen LogP contribution < -0.4 is 5.32 Å². The third-order valence-electron chi connectivity index (χ3n) is 2.40. The largest absolute Gasteiger partial charge is 0.320 e. The van der Waals surface area contributed by atoms with Crippen molar-refractivity contribution in [3.63, 3.8) is 0 Å². The lowest BCUT2D eigenvalue weighted by atomic mass is 10.2. The molecule has 0 saturated heterocycles. The summed E-state index contributed by atoms with van der Waals surface area (Å²) in [6, 6.07) is 3.60. The van der Waals surface area contributed by atoms with E-state index in [1.54, 1.807) is 6.07 Å². The summed E-state index contributed by atoms with van der Waals surface area (Å²) in [5, 5.41) is 6.74. The highest BCUT2D eigenvalue weighted by molar-refractivity contribution is 9.10. The molecule has 18 heavy (non-hydrogen) atoms. The Hall–Kier alpha value is -1.34. The van der Waals surface area contributed by atoms with Gasteiger partial charge in [0.15, 0.2) is 0 Å². The Bertz CT molecular complexity index is 584. The molecule has 0 bridgehead atoms. The smallest absolute Gasteiger partial charge is 0.269 e. The average Bonchev–Trinajstić information content (AvgIpc) is 2.81. The summed E-state index contributed by atoms with van der Waals surface area (Å²) in [7, 11) is 0. The van der Waals surface area contributed by atoms with E-state index in [2.05, 4.69) is 35.8 Å². The second-order valence-corrected chi connectivity index (χ2v) is 5.19. The first-order valence-electron chi connectivity index (χ1n) is 5.37. The van der Waals surface area contributed by atoms with Gasteiger partial charge >= 0.3 is 0 Å². The van der Waals surface area contributed by atoms with Gasteiger partial charge in [0.25, 0.3) is 5.91 Å². The number of halogens is 1. The van der Waals surface area contributed by atoms with Gasteiger partial charge < -0.3 is 5.32 Å². The van der Waals surface area contributed by atoms with Crippen LogP contribution in [0.25, 0.3) is 0 Å². The summed E-state index contributed by atoms with van der Waals surface area (Å²) < 4.78 is 4.54. The van der Waals surface area contributed by atoms with Crippen molar-refractivity contribution in [3.8, 4) is 0 Å². The standard InChI is InChI=1S/C11H11BrN4OS/c1-3-7-10(18-16-15-7)11(17)14-8-4-5-9(12)13-6(8)2/h4-5H,3H2,1-2H3,(H,14,17). The van der Waals surface area contributed by atoms with E-state index in [0.717, 1.165) is 27.5 Å². The zero-order valence-corrected chi connectivity index (χ0v) is 12.3. The van der Waals surface area contributed by atoms with E-state index in [9.17, 15) is 4.79 Å². The minimum atomic E-state index is -0.186. The quantitative estimate of drug-likeness (QED) is 0.880. The SMILES string of the molecule is CCc1nnsc1C(=O)Nc1ccc(Br)nc1C. The molecule has 2 rings (SSSR count). The van der Waals surface area contributed by atoms with Gasteiger partial charge in [-0.15, -0.1) is 5.10 Å².